The van der Waals surface area contributed by atoms with Crippen molar-refractivity contribution in [2.75, 3.05) is 12.3 Å². The third-order valence-electron chi connectivity index (χ3n) is 4.66. The molecule has 1 heterocycles. The van der Waals surface area contributed by atoms with E-state index in [2.05, 4.69) is 0 Å². The van der Waals surface area contributed by atoms with Crippen molar-refractivity contribution in [3.05, 3.63) is 28.8 Å². The number of ketones is 1. The Morgan fingerprint density at radius 1 is 1.35 bits per heavy atom. The van der Waals surface area contributed by atoms with E-state index >= 15 is 0 Å². The van der Waals surface area contributed by atoms with Gasteiger partial charge < -0.3 is 10.5 Å². The number of benzene rings is 1. The smallest absolute Gasteiger partial charge is 0.166 e. The lowest BCUT2D eigenvalue weighted by atomic mass is 9.80. The summed E-state index contributed by atoms with van der Waals surface area (Å²) in [5.74, 6) is 0.241. The minimum atomic E-state index is -0.0312. The number of hydrogen-bond acceptors (Lipinski definition) is 3. The molecule has 2 aliphatic rings. The molecule has 1 aromatic rings. The highest BCUT2D eigenvalue weighted by Gasteiger charge is 2.41. The van der Waals surface area contributed by atoms with Gasteiger partial charge in [-0.05, 0) is 43.9 Å². The van der Waals surface area contributed by atoms with Gasteiger partial charge in [0.15, 0.2) is 5.78 Å². The SMILES string of the molecule is Nc1cc(C(=O)C2CCOC3(CCCC3)C2)ccc1Cl. The van der Waals surface area contributed by atoms with Crippen LogP contribution in [-0.2, 0) is 4.74 Å². The number of nitrogen functional groups attached to an aromatic ring is 1. The van der Waals surface area contributed by atoms with Crippen LogP contribution in [0.2, 0.25) is 5.02 Å². The first-order chi connectivity index (χ1) is 9.60. The molecule has 3 rings (SSSR count). The third kappa shape index (κ3) is 2.57. The van der Waals surface area contributed by atoms with Gasteiger partial charge in [-0.25, -0.2) is 0 Å². The number of hydrogen-bond donors (Lipinski definition) is 1. The topological polar surface area (TPSA) is 52.3 Å². The molecular formula is C16H20ClNO2. The van der Waals surface area contributed by atoms with Gasteiger partial charge in [0.2, 0.25) is 0 Å². The van der Waals surface area contributed by atoms with Crippen LogP contribution in [0.15, 0.2) is 18.2 Å². The summed E-state index contributed by atoms with van der Waals surface area (Å²) in [6.45, 7) is 0.694. The van der Waals surface area contributed by atoms with Crippen LogP contribution in [0.25, 0.3) is 0 Å². The largest absolute Gasteiger partial charge is 0.398 e. The van der Waals surface area contributed by atoms with Gasteiger partial charge in [-0.3, -0.25) is 4.79 Å². The van der Waals surface area contributed by atoms with Gasteiger partial charge in [0.25, 0.3) is 0 Å². The lowest BCUT2D eigenvalue weighted by Crippen LogP contribution is -2.39. The van der Waals surface area contributed by atoms with Crippen LogP contribution in [0, 0.1) is 5.92 Å². The molecule has 0 aromatic heterocycles. The number of halogens is 1. The summed E-state index contributed by atoms with van der Waals surface area (Å²) in [4.78, 5) is 12.6. The van der Waals surface area contributed by atoms with Crippen molar-refractivity contribution in [2.45, 2.75) is 44.1 Å². The Labute approximate surface area is 124 Å². The molecule has 1 saturated heterocycles. The molecule has 1 spiro atoms. The van der Waals surface area contributed by atoms with E-state index in [-0.39, 0.29) is 17.3 Å². The molecule has 1 saturated carbocycles. The van der Waals surface area contributed by atoms with Crippen LogP contribution < -0.4 is 5.73 Å². The molecule has 20 heavy (non-hydrogen) atoms. The van der Waals surface area contributed by atoms with E-state index in [9.17, 15) is 4.79 Å². The Morgan fingerprint density at radius 2 is 2.10 bits per heavy atom. The Morgan fingerprint density at radius 3 is 2.80 bits per heavy atom. The maximum absolute atomic E-state index is 12.6. The molecule has 2 N–H and O–H groups in total. The zero-order chi connectivity index (χ0) is 14.2. The number of carbonyl (C=O) groups excluding carboxylic acids is 1. The Bertz CT molecular complexity index is 523. The molecule has 0 bridgehead atoms. The lowest BCUT2D eigenvalue weighted by molar-refractivity contribution is -0.0866. The first-order valence-electron chi connectivity index (χ1n) is 7.33. The second-order valence-corrected chi connectivity index (χ2v) is 6.44. The fourth-order valence-electron chi connectivity index (χ4n) is 3.55. The quantitative estimate of drug-likeness (QED) is 0.666. The summed E-state index contributed by atoms with van der Waals surface area (Å²) in [5, 5.41) is 0.501. The molecule has 2 fully saturated rings. The van der Waals surface area contributed by atoms with Crippen molar-refractivity contribution in [1.29, 1.82) is 0 Å². The number of Topliss-reactive ketones (excluding diaryl/α,β-unsaturated/α-hetero) is 1. The standard InChI is InChI=1S/C16H20ClNO2/c17-13-4-3-11(9-14(13)18)15(19)12-5-8-20-16(10-12)6-1-2-7-16/h3-4,9,12H,1-2,5-8,10,18H2. The van der Waals surface area contributed by atoms with E-state index in [0.717, 1.165) is 25.7 Å². The number of anilines is 1. The first-order valence-corrected chi connectivity index (χ1v) is 7.71. The van der Waals surface area contributed by atoms with E-state index in [1.807, 2.05) is 0 Å². The van der Waals surface area contributed by atoms with E-state index in [4.69, 9.17) is 22.1 Å². The second-order valence-electron chi connectivity index (χ2n) is 6.03. The monoisotopic (exact) mass is 293 g/mol. The minimum absolute atomic E-state index is 0.0312. The number of rotatable bonds is 2. The van der Waals surface area contributed by atoms with Crippen molar-refractivity contribution in [3.63, 3.8) is 0 Å². The van der Waals surface area contributed by atoms with Crippen LogP contribution in [0.4, 0.5) is 5.69 Å². The van der Waals surface area contributed by atoms with E-state index in [0.29, 0.717) is 22.9 Å². The molecule has 1 aliphatic carbocycles. The van der Waals surface area contributed by atoms with Gasteiger partial charge in [-0.15, -0.1) is 0 Å². The molecule has 4 heteroatoms. The predicted molar refractivity (Wildman–Crippen MR) is 80.1 cm³/mol. The summed E-state index contributed by atoms with van der Waals surface area (Å²) in [6.07, 6.45) is 6.29. The van der Waals surface area contributed by atoms with Crippen molar-refractivity contribution in [3.8, 4) is 0 Å². The van der Waals surface area contributed by atoms with Gasteiger partial charge in [0, 0.05) is 18.1 Å². The van der Waals surface area contributed by atoms with Crippen LogP contribution in [0.5, 0.6) is 0 Å². The van der Waals surface area contributed by atoms with Crippen molar-refractivity contribution in [1.82, 2.24) is 0 Å². The van der Waals surface area contributed by atoms with E-state index in [1.54, 1.807) is 18.2 Å². The normalized spacial score (nSPS) is 24.9. The molecule has 0 radical (unpaired) electrons. The fraction of sp³-hybridized carbons (Fsp3) is 0.562. The molecule has 0 amide bonds. The summed E-state index contributed by atoms with van der Waals surface area (Å²) in [7, 11) is 0. The fourth-order valence-corrected chi connectivity index (χ4v) is 3.67. The highest BCUT2D eigenvalue weighted by Crippen LogP contribution is 2.42. The summed E-state index contributed by atoms with van der Waals surface area (Å²) >= 11 is 5.91. The molecule has 1 atom stereocenters. The van der Waals surface area contributed by atoms with Crippen molar-refractivity contribution >= 4 is 23.1 Å². The second kappa shape index (κ2) is 5.38. The highest BCUT2D eigenvalue weighted by molar-refractivity contribution is 6.33. The molecule has 1 aromatic carbocycles. The Balaban J connectivity index is 1.77. The first kappa shape index (κ1) is 13.9. The van der Waals surface area contributed by atoms with Crippen LogP contribution >= 0.6 is 11.6 Å². The van der Waals surface area contributed by atoms with Crippen LogP contribution in [-0.4, -0.2) is 18.0 Å². The molecular weight excluding hydrogens is 274 g/mol. The third-order valence-corrected chi connectivity index (χ3v) is 5.00. The molecule has 3 nitrogen and oxygen atoms in total. The predicted octanol–water partition coefficient (Wildman–Crippen LogP) is 3.84. The Kier molecular flexibility index (Phi) is 3.74. The highest BCUT2D eigenvalue weighted by atomic mass is 35.5. The lowest BCUT2D eigenvalue weighted by Gasteiger charge is -2.37. The van der Waals surface area contributed by atoms with E-state index in [1.165, 1.54) is 12.8 Å². The average Bonchev–Trinajstić information content (AvgIpc) is 2.89. The van der Waals surface area contributed by atoms with Crippen molar-refractivity contribution in [2.24, 2.45) is 5.92 Å². The maximum Gasteiger partial charge on any atom is 0.166 e. The van der Waals surface area contributed by atoms with Gasteiger partial charge in [-0.1, -0.05) is 24.4 Å². The molecule has 1 aliphatic heterocycles. The van der Waals surface area contributed by atoms with Crippen LogP contribution in [0.3, 0.4) is 0 Å². The minimum Gasteiger partial charge on any atom is -0.398 e. The van der Waals surface area contributed by atoms with Gasteiger partial charge in [0.1, 0.15) is 0 Å². The van der Waals surface area contributed by atoms with E-state index < -0.39 is 0 Å². The number of ether oxygens (including phenoxy) is 1. The van der Waals surface area contributed by atoms with Crippen LogP contribution in [0.1, 0.15) is 48.9 Å². The average molecular weight is 294 g/mol. The Hall–Kier alpha value is -1.06. The number of carbonyl (C=O) groups is 1. The maximum atomic E-state index is 12.6. The molecule has 1 unspecified atom stereocenters. The van der Waals surface area contributed by atoms with Gasteiger partial charge in [-0.2, -0.15) is 0 Å². The zero-order valence-corrected chi connectivity index (χ0v) is 12.3. The summed E-state index contributed by atoms with van der Waals surface area (Å²) in [5.41, 5.74) is 6.91. The van der Waals surface area contributed by atoms with Gasteiger partial charge in [0.05, 0.1) is 16.3 Å². The number of nitrogens with two attached hydrogens (primary N) is 1. The summed E-state index contributed by atoms with van der Waals surface area (Å²) in [6, 6.07) is 5.17. The zero-order valence-electron chi connectivity index (χ0n) is 11.5. The summed E-state index contributed by atoms with van der Waals surface area (Å²) < 4.78 is 5.99. The molecule has 108 valence electrons. The van der Waals surface area contributed by atoms with Gasteiger partial charge >= 0.3 is 0 Å². The van der Waals surface area contributed by atoms with Crippen molar-refractivity contribution < 1.29 is 9.53 Å².